The van der Waals surface area contributed by atoms with E-state index in [0.717, 1.165) is 16.5 Å². The first-order valence-electron chi connectivity index (χ1n) is 5.34. The predicted molar refractivity (Wildman–Crippen MR) is 71.9 cm³/mol. The number of rotatable bonds is 4. The third-order valence-electron chi connectivity index (χ3n) is 3.00. The van der Waals surface area contributed by atoms with Crippen LogP contribution in [0.2, 0.25) is 5.02 Å². The standard InChI is InChI=1S/C13H16BrClO/c1-4-13(2,3)12(16)7-9-5-6-10(14)8-11(9)15/h5-6,8H,4,7H2,1-3H3. The van der Waals surface area contributed by atoms with E-state index in [4.69, 9.17) is 11.6 Å². The van der Waals surface area contributed by atoms with Crippen molar-refractivity contribution in [3.63, 3.8) is 0 Å². The Morgan fingerprint density at radius 1 is 1.44 bits per heavy atom. The van der Waals surface area contributed by atoms with Crippen molar-refractivity contribution in [2.75, 3.05) is 0 Å². The fraction of sp³-hybridized carbons (Fsp3) is 0.462. The number of halogens is 2. The van der Waals surface area contributed by atoms with Gasteiger partial charge >= 0.3 is 0 Å². The Balaban J connectivity index is 2.85. The van der Waals surface area contributed by atoms with Crippen molar-refractivity contribution in [1.82, 2.24) is 0 Å². The molecule has 1 aromatic carbocycles. The minimum atomic E-state index is -0.267. The Hall–Kier alpha value is -0.340. The summed E-state index contributed by atoms with van der Waals surface area (Å²) in [6, 6.07) is 5.63. The minimum absolute atomic E-state index is 0.235. The summed E-state index contributed by atoms with van der Waals surface area (Å²) in [7, 11) is 0. The summed E-state index contributed by atoms with van der Waals surface area (Å²) in [5, 5.41) is 0.648. The lowest BCUT2D eigenvalue weighted by atomic mass is 9.82. The average Bonchev–Trinajstić information content (AvgIpc) is 2.22. The van der Waals surface area contributed by atoms with Gasteiger partial charge in [0.2, 0.25) is 0 Å². The van der Waals surface area contributed by atoms with Crippen LogP contribution in [0.15, 0.2) is 22.7 Å². The molecule has 0 N–H and O–H groups in total. The maximum absolute atomic E-state index is 12.0. The van der Waals surface area contributed by atoms with Crippen LogP contribution < -0.4 is 0 Å². The second kappa shape index (κ2) is 5.33. The molecular formula is C13H16BrClO. The number of carbonyl (C=O) groups excluding carboxylic acids is 1. The zero-order valence-electron chi connectivity index (χ0n) is 9.81. The molecule has 0 aliphatic rings. The van der Waals surface area contributed by atoms with Gasteiger partial charge in [-0.05, 0) is 24.1 Å². The molecule has 0 spiro atoms. The molecule has 88 valence electrons. The number of hydrogen-bond donors (Lipinski definition) is 0. The maximum atomic E-state index is 12.0. The van der Waals surface area contributed by atoms with Crippen LogP contribution in [0.4, 0.5) is 0 Å². The molecule has 0 aliphatic heterocycles. The van der Waals surface area contributed by atoms with Gasteiger partial charge in [0.05, 0.1) is 0 Å². The van der Waals surface area contributed by atoms with E-state index in [0.29, 0.717) is 11.4 Å². The smallest absolute Gasteiger partial charge is 0.142 e. The summed E-state index contributed by atoms with van der Waals surface area (Å²) < 4.78 is 0.934. The third kappa shape index (κ3) is 3.33. The second-order valence-electron chi connectivity index (χ2n) is 4.57. The SMILES string of the molecule is CCC(C)(C)C(=O)Cc1ccc(Br)cc1Cl. The molecule has 0 fully saturated rings. The molecule has 16 heavy (non-hydrogen) atoms. The minimum Gasteiger partial charge on any atom is -0.299 e. The van der Waals surface area contributed by atoms with Gasteiger partial charge in [-0.25, -0.2) is 0 Å². The van der Waals surface area contributed by atoms with Gasteiger partial charge in [-0.15, -0.1) is 0 Å². The van der Waals surface area contributed by atoms with Crippen LogP contribution >= 0.6 is 27.5 Å². The predicted octanol–water partition coefficient (Wildman–Crippen LogP) is 4.65. The van der Waals surface area contributed by atoms with E-state index in [9.17, 15) is 4.79 Å². The molecule has 3 heteroatoms. The Morgan fingerprint density at radius 3 is 2.56 bits per heavy atom. The van der Waals surface area contributed by atoms with Crippen molar-refractivity contribution in [3.8, 4) is 0 Å². The van der Waals surface area contributed by atoms with E-state index in [1.165, 1.54) is 0 Å². The van der Waals surface area contributed by atoms with Crippen LogP contribution in [0.5, 0.6) is 0 Å². The summed E-state index contributed by atoms with van der Waals surface area (Å²) in [5.41, 5.74) is 0.632. The highest BCUT2D eigenvalue weighted by Crippen LogP contribution is 2.27. The van der Waals surface area contributed by atoms with Gasteiger partial charge in [0.15, 0.2) is 0 Å². The summed E-state index contributed by atoms with van der Waals surface area (Å²) in [6.45, 7) is 5.98. The lowest BCUT2D eigenvalue weighted by molar-refractivity contribution is -0.126. The quantitative estimate of drug-likeness (QED) is 0.791. The number of carbonyl (C=O) groups is 1. The second-order valence-corrected chi connectivity index (χ2v) is 5.90. The van der Waals surface area contributed by atoms with Crippen molar-refractivity contribution in [3.05, 3.63) is 33.3 Å². The van der Waals surface area contributed by atoms with E-state index in [1.54, 1.807) is 0 Å². The molecular weight excluding hydrogens is 287 g/mol. The zero-order chi connectivity index (χ0) is 12.3. The molecule has 1 aromatic rings. The molecule has 0 aromatic heterocycles. The van der Waals surface area contributed by atoms with Crippen molar-refractivity contribution < 1.29 is 4.79 Å². The lowest BCUT2D eigenvalue weighted by Crippen LogP contribution is -2.25. The molecule has 0 bridgehead atoms. The van der Waals surface area contributed by atoms with E-state index in [1.807, 2.05) is 39.0 Å². The normalized spacial score (nSPS) is 11.6. The topological polar surface area (TPSA) is 17.1 Å². The molecule has 0 saturated carbocycles. The van der Waals surface area contributed by atoms with Crippen LogP contribution in [0.25, 0.3) is 0 Å². The molecule has 0 radical (unpaired) electrons. The van der Waals surface area contributed by atoms with Gasteiger partial charge in [-0.2, -0.15) is 0 Å². The highest BCUT2D eigenvalue weighted by molar-refractivity contribution is 9.10. The Morgan fingerprint density at radius 2 is 2.06 bits per heavy atom. The molecule has 0 aliphatic carbocycles. The number of hydrogen-bond acceptors (Lipinski definition) is 1. The molecule has 0 saturated heterocycles. The monoisotopic (exact) mass is 302 g/mol. The summed E-state index contributed by atoms with van der Waals surface area (Å²) in [6.07, 6.45) is 1.26. The van der Waals surface area contributed by atoms with Gasteiger partial charge in [-0.1, -0.05) is 54.4 Å². The largest absolute Gasteiger partial charge is 0.299 e. The summed E-state index contributed by atoms with van der Waals surface area (Å²) >= 11 is 9.43. The van der Waals surface area contributed by atoms with E-state index in [2.05, 4.69) is 15.9 Å². The number of benzene rings is 1. The van der Waals surface area contributed by atoms with Crippen LogP contribution in [0.1, 0.15) is 32.8 Å². The molecule has 0 unspecified atom stereocenters. The number of Topliss-reactive ketones (excluding diaryl/α,β-unsaturated/α-hetero) is 1. The van der Waals surface area contributed by atoms with Gasteiger partial charge < -0.3 is 0 Å². The van der Waals surface area contributed by atoms with Crippen molar-refractivity contribution in [2.24, 2.45) is 5.41 Å². The molecule has 1 nitrogen and oxygen atoms in total. The lowest BCUT2D eigenvalue weighted by Gasteiger charge is -2.21. The molecule has 0 amide bonds. The summed E-state index contributed by atoms with van der Waals surface area (Å²) in [5.74, 6) is 0.235. The Kier molecular flexibility index (Phi) is 4.57. The summed E-state index contributed by atoms with van der Waals surface area (Å²) in [4.78, 5) is 12.0. The van der Waals surface area contributed by atoms with Gasteiger partial charge in [0, 0.05) is 21.3 Å². The van der Waals surface area contributed by atoms with Crippen LogP contribution in [-0.2, 0) is 11.2 Å². The first-order valence-corrected chi connectivity index (χ1v) is 6.51. The first-order chi connectivity index (χ1) is 7.36. The Bertz CT molecular complexity index is 399. The number of ketones is 1. The van der Waals surface area contributed by atoms with Crippen LogP contribution in [0.3, 0.4) is 0 Å². The molecule has 0 heterocycles. The average molecular weight is 304 g/mol. The maximum Gasteiger partial charge on any atom is 0.142 e. The fourth-order valence-corrected chi connectivity index (χ4v) is 2.01. The van der Waals surface area contributed by atoms with Crippen molar-refractivity contribution >= 4 is 33.3 Å². The van der Waals surface area contributed by atoms with Gasteiger partial charge in [0.25, 0.3) is 0 Å². The first kappa shape index (κ1) is 13.7. The molecule has 1 rings (SSSR count). The van der Waals surface area contributed by atoms with E-state index >= 15 is 0 Å². The van der Waals surface area contributed by atoms with Gasteiger partial charge in [-0.3, -0.25) is 4.79 Å². The molecule has 0 atom stereocenters. The van der Waals surface area contributed by atoms with Crippen LogP contribution in [0, 0.1) is 5.41 Å². The Labute approximate surface area is 110 Å². The third-order valence-corrected chi connectivity index (χ3v) is 3.85. The van der Waals surface area contributed by atoms with E-state index < -0.39 is 0 Å². The highest BCUT2D eigenvalue weighted by atomic mass is 79.9. The van der Waals surface area contributed by atoms with Crippen molar-refractivity contribution in [2.45, 2.75) is 33.6 Å². The van der Waals surface area contributed by atoms with Gasteiger partial charge in [0.1, 0.15) is 5.78 Å². The zero-order valence-corrected chi connectivity index (χ0v) is 12.2. The van der Waals surface area contributed by atoms with E-state index in [-0.39, 0.29) is 11.2 Å². The van der Waals surface area contributed by atoms with Crippen LogP contribution in [-0.4, -0.2) is 5.78 Å². The van der Waals surface area contributed by atoms with Crippen molar-refractivity contribution in [1.29, 1.82) is 0 Å². The fourth-order valence-electron chi connectivity index (χ4n) is 1.27. The highest BCUT2D eigenvalue weighted by Gasteiger charge is 2.25.